The Morgan fingerprint density at radius 3 is 2.50 bits per heavy atom. The van der Waals surface area contributed by atoms with E-state index in [9.17, 15) is 9.59 Å². The van der Waals surface area contributed by atoms with Gasteiger partial charge in [-0.15, -0.1) is 0 Å². The molecule has 0 radical (unpaired) electrons. The fourth-order valence-electron chi connectivity index (χ4n) is 2.38. The minimum atomic E-state index is -1.01. The molecule has 2 rings (SSSR count). The van der Waals surface area contributed by atoms with Gasteiger partial charge >= 0.3 is 5.97 Å². The first kappa shape index (κ1) is 20.3. The molecular formula is C19H19BrClNO4. The second kappa shape index (κ2) is 9.59. The molecule has 0 aliphatic carbocycles. The molecular weight excluding hydrogens is 422 g/mol. The van der Waals surface area contributed by atoms with Crippen molar-refractivity contribution in [2.24, 2.45) is 0 Å². The molecule has 0 aromatic heterocycles. The number of halogens is 2. The Labute approximate surface area is 165 Å². The van der Waals surface area contributed by atoms with Gasteiger partial charge in [-0.3, -0.25) is 9.59 Å². The van der Waals surface area contributed by atoms with E-state index in [1.54, 1.807) is 30.3 Å². The summed E-state index contributed by atoms with van der Waals surface area (Å²) in [5, 5.41) is 12.3. The summed E-state index contributed by atoms with van der Waals surface area (Å²) in [4.78, 5) is 23.3. The van der Waals surface area contributed by atoms with Gasteiger partial charge in [0.2, 0.25) is 0 Å². The molecule has 1 unspecified atom stereocenters. The van der Waals surface area contributed by atoms with E-state index in [2.05, 4.69) is 28.2 Å². The van der Waals surface area contributed by atoms with Crippen LogP contribution in [0.25, 0.3) is 0 Å². The molecule has 26 heavy (non-hydrogen) atoms. The maximum absolute atomic E-state index is 12.2. The molecule has 1 amide bonds. The molecule has 0 aliphatic rings. The monoisotopic (exact) mass is 439 g/mol. The molecule has 0 saturated carbocycles. The summed E-state index contributed by atoms with van der Waals surface area (Å²) in [6, 6.07) is 11.7. The predicted molar refractivity (Wildman–Crippen MR) is 104 cm³/mol. The third-order valence-electron chi connectivity index (χ3n) is 3.75. The summed E-state index contributed by atoms with van der Waals surface area (Å²) in [6.07, 6.45) is 0.666. The molecule has 138 valence electrons. The Hall–Kier alpha value is -2.05. The Morgan fingerprint density at radius 1 is 1.23 bits per heavy atom. The number of benzene rings is 2. The third-order valence-corrected chi connectivity index (χ3v) is 4.62. The lowest BCUT2D eigenvalue weighted by Gasteiger charge is -2.18. The van der Waals surface area contributed by atoms with Gasteiger partial charge < -0.3 is 15.2 Å². The first-order valence-electron chi connectivity index (χ1n) is 8.07. The van der Waals surface area contributed by atoms with E-state index < -0.39 is 17.9 Å². The van der Waals surface area contributed by atoms with Crippen molar-refractivity contribution in [3.63, 3.8) is 0 Å². The van der Waals surface area contributed by atoms with Crippen LogP contribution in [0.5, 0.6) is 5.75 Å². The van der Waals surface area contributed by atoms with Crippen LogP contribution in [0.3, 0.4) is 0 Å². The maximum atomic E-state index is 12.2. The fourth-order valence-corrected chi connectivity index (χ4v) is 3.05. The van der Waals surface area contributed by atoms with Crippen LogP contribution in [0.1, 0.15) is 30.5 Å². The van der Waals surface area contributed by atoms with Crippen LogP contribution in [0, 0.1) is 0 Å². The Bertz CT molecular complexity index is 780. The van der Waals surface area contributed by atoms with Crippen LogP contribution >= 0.6 is 27.5 Å². The summed E-state index contributed by atoms with van der Waals surface area (Å²) >= 11 is 9.27. The minimum Gasteiger partial charge on any atom is -0.483 e. The number of aryl methyl sites for hydroxylation is 1. The molecule has 0 fully saturated rings. The van der Waals surface area contributed by atoms with Crippen LogP contribution < -0.4 is 10.1 Å². The molecule has 5 nitrogen and oxygen atoms in total. The van der Waals surface area contributed by atoms with Crippen molar-refractivity contribution in [1.29, 1.82) is 0 Å². The summed E-state index contributed by atoms with van der Waals surface area (Å²) in [7, 11) is 0. The summed E-state index contributed by atoms with van der Waals surface area (Å²) < 4.78 is 6.30. The lowest BCUT2D eigenvalue weighted by molar-refractivity contribution is -0.137. The number of carbonyl (C=O) groups is 2. The second-order valence-electron chi connectivity index (χ2n) is 5.68. The van der Waals surface area contributed by atoms with Crippen LogP contribution in [0.15, 0.2) is 46.9 Å². The van der Waals surface area contributed by atoms with Gasteiger partial charge in [0.15, 0.2) is 6.61 Å². The predicted octanol–water partition coefficient (Wildman–Crippen LogP) is 4.38. The van der Waals surface area contributed by atoms with Gasteiger partial charge in [-0.1, -0.05) is 36.7 Å². The van der Waals surface area contributed by atoms with E-state index in [0.717, 1.165) is 16.5 Å². The van der Waals surface area contributed by atoms with Crippen molar-refractivity contribution in [2.45, 2.75) is 25.8 Å². The molecule has 0 aliphatic heterocycles. The third kappa shape index (κ3) is 6.04. The average molecular weight is 441 g/mol. The number of aliphatic carboxylic acids is 1. The van der Waals surface area contributed by atoms with Gasteiger partial charge in [-0.05, 0) is 57.7 Å². The van der Waals surface area contributed by atoms with Crippen molar-refractivity contribution in [2.75, 3.05) is 6.61 Å². The van der Waals surface area contributed by atoms with E-state index in [4.69, 9.17) is 21.4 Å². The summed E-state index contributed by atoms with van der Waals surface area (Å²) in [6.45, 7) is 1.84. The zero-order chi connectivity index (χ0) is 19.1. The molecule has 1 atom stereocenters. The second-order valence-corrected chi connectivity index (χ2v) is 6.97. The van der Waals surface area contributed by atoms with Gasteiger partial charge in [0.25, 0.3) is 5.91 Å². The van der Waals surface area contributed by atoms with Gasteiger partial charge in [0.05, 0.1) is 16.9 Å². The maximum Gasteiger partial charge on any atom is 0.305 e. The van der Waals surface area contributed by atoms with Crippen molar-refractivity contribution in [3.05, 3.63) is 63.1 Å². The van der Waals surface area contributed by atoms with Crippen molar-refractivity contribution < 1.29 is 19.4 Å². The van der Waals surface area contributed by atoms with E-state index >= 15 is 0 Å². The quantitative estimate of drug-likeness (QED) is 0.639. The highest BCUT2D eigenvalue weighted by atomic mass is 79.9. The SMILES string of the molecule is CCc1ccc(OCC(=O)NC(CC(=O)O)c2ccc(Cl)cc2)c(Br)c1. The number of carboxylic acids is 1. The molecule has 2 aromatic rings. The standard InChI is InChI=1S/C19H19BrClNO4/c1-2-12-3-8-17(15(20)9-12)26-11-18(23)22-16(10-19(24)25)13-4-6-14(21)7-5-13/h3-9,16H,2,10-11H2,1H3,(H,22,23)(H,24,25). The largest absolute Gasteiger partial charge is 0.483 e. The molecule has 2 N–H and O–H groups in total. The van der Waals surface area contributed by atoms with E-state index in [-0.39, 0.29) is 13.0 Å². The minimum absolute atomic E-state index is 0.215. The first-order chi connectivity index (χ1) is 12.4. The average Bonchev–Trinajstić information content (AvgIpc) is 2.60. The van der Waals surface area contributed by atoms with E-state index in [0.29, 0.717) is 16.3 Å². The van der Waals surface area contributed by atoms with E-state index in [1.807, 2.05) is 12.1 Å². The number of hydrogen-bond acceptors (Lipinski definition) is 3. The Balaban J connectivity index is 2.00. The van der Waals surface area contributed by atoms with Crippen LogP contribution in [0.4, 0.5) is 0 Å². The molecule has 0 heterocycles. The zero-order valence-electron chi connectivity index (χ0n) is 14.2. The highest BCUT2D eigenvalue weighted by Gasteiger charge is 2.18. The molecule has 0 bridgehead atoms. The fraction of sp³-hybridized carbons (Fsp3) is 0.263. The van der Waals surface area contributed by atoms with Crippen molar-refractivity contribution in [1.82, 2.24) is 5.32 Å². The zero-order valence-corrected chi connectivity index (χ0v) is 16.5. The van der Waals surface area contributed by atoms with Crippen molar-refractivity contribution >= 4 is 39.4 Å². The molecule has 0 spiro atoms. The van der Waals surface area contributed by atoms with Crippen LogP contribution in [-0.2, 0) is 16.0 Å². The number of rotatable bonds is 8. The number of amides is 1. The number of nitrogens with one attached hydrogen (secondary N) is 1. The van der Waals surface area contributed by atoms with Gasteiger partial charge in [-0.25, -0.2) is 0 Å². The summed E-state index contributed by atoms with van der Waals surface area (Å²) in [5.41, 5.74) is 1.82. The lowest BCUT2D eigenvalue weighted by Crippen LogP contribution is -2.33. The van der Waals surface area contributed by atoms with Gasteiger partial charge in [-0.2, -0.15) is 0 Å². The normalized spacial score (nSPS) is 11.7. The van der Waals surface area contributed by atoms with E-state index in [1.165, 1.54) is 0 Å². The topological polar surface area (TPSA) is 75.6 Å². The molecule has 0 saturated heterocycles. The number of hydrogen-bond donors (Lipinski definition) is 2. The van der Waals surface area contributed by atoms with Gasteiger partial charge in [0.1, 0.15) is 5.75 Å². The number of carbonyl (C=O) groups excluding carboxylic acids is 1. The van der Waals surface area contributed by atoms with Crippen molar-refractivity contribution in [3.8, 4) is 5.75 Å². The Kier molecular flexibility index (Phi) is 7.48. The molecule has 2 aromatic carbocycles. The number of carboxylic acid groups (broad SMARTS) is 1. The smallest absolute Gasteiger partial charge is 0.305 e. The summed E-state index contributed by atoms with van der Waals surface area (Å²) in [5.74, 6) is -0.861. The highest BCUT2D eigenvalue weighted by Crippen LogP contribution is 2.26. The number of ether oxygens (including phenoxy) is 1. The van der Waals surface area contributed by atoms with Crippen LogP contribution in [0.2, 0.25) is 5.02 Å². The van der Waals surface area contributed by atoms with Crippen LogP contribution in [-0.4, -0.2) is 23.6 Å². The first-order valence-corrected chi connectivity index (χ1v) is 9.24. The lowest BCUT2D eigenvalue weighted by atomic mass is 10.0. The highest BCUT2D eigenvalue weighted by molar-refractivity contribution is 9.10. The van der Waals surface area contributed by atoms with Gasteiger partial charge in [0, 0.05) is 5.02 Å². The molecule has 7 heteroatoms. The Morgan fingerprint density at radius 2 is 1.92 bits per heavy atom.